The number of carbonyl (C=O) groups excluding carboxylic acids is 2. The van der Waals surface area contributed by atoms with E-state index in [4.69, 9.17) is 9.47 Å². The van der Waals surface area contributed by atoms with Gasteiger partial charge in [-0.2, -0.15) is 0 Å². The number of nitrogens with one attached hydrogen (secondary N) is 2. The maximum Gasteiger partial charge on any atom is 0.329 e. The number of hydrogen-bond donors (Lipinski definition) is 3. The lowest BCUT2D eigenvalue weighted by molar-refractivity contribution is -0.120. The Labute approximate surface area is 222 Å². The summed E-state index contributed by atoms with van der Waals surface area (Å²) in [5.74, 6) is -1.07. The Bertz CT molecular complexity index is 1460. The van der Waals surface area contributed by atoms with Crippen molar-refractivity contribution >= 4 is 28.2 Å². The van der Waals surface area contributed by atoms with Gasteiger partial charge in [0.2, 0.25) is 11.8 Å². The van der Waals surface area contributed by atoms with Crippen molar-refractivity contribution < 1.29 is 24.2 Å². The number of aromatic amines is 1. The SMILES string of the molecule is COCCOc1ccc(-c2[nH]c(=O)n([C@H](C(=O)Nc3nc(C(C)=O)cs3)[C@@H](C)c3ccccc3)c2O)cc1. The van der Waals surface area contributed by atoms with Gasteiger partial charge in [-0.3, -0.25) is 9.59 Å². The molecule has 38 heavy (non-hydrogen) atoms. The fraction of sp³-hybridized carbons (Fsp3) is 0.259. The van der Waals surface area contributed by atoms with Gasteiger partial charge >= 0.3 is 5.69 Å². The van der Waals surface area contributed by atoms with E-state index in [2.05, 4.69) is 15.3 Å². The number of ether oxygens (including phenoxy) is 2. The van der Waals surface area contributed by atoms with E-state index in [-0.39, 0.29) is 28.2 Å². The summed E-state index contributed by atoms with van der Waals surface area (Å²) in [5.41, 5.74) is 1.09. The molecule has 2 atom stereocenters. The number of ketones is 1. The molecule has 0 fully saturated rings. The molecule has 3 N–H and O–H groups in total. The molecule has 0 aliphatic heterocycles. The van der Waals surface area contributed by atoms with Gasteiger partial charge in [-0.15, -0.1) is 11.3 Å². The lowest BCUT2D eigenvalue weighted by Gasteiger charge is -2.24. The summed E-state index contributed by atoms with van der Waals surface area (Å²) in [6, 6.07) is 14.9. The second-order valence-electron chi connectivity index (χ2n) is 8.59. The molecule has 2 heterocycles. The Morgan fingerprint density at radius 1 is 1.13 bits per heavy atom. The van der Waals surface area contributed by atoms with E-state index in [0.29, 0.717) is 24.5 Å². The number of benzene rings is 2. The Balaban J connectivity index is 1.70. The van der Waals surface area contributed by atoms with Gasteiger partial charge in [0.25, 0.3) is 0 Å². The summed E-state index contributed by atoms with van der Waals surface area (Å²) in [5, 5.41) is 15.7. The number of amides is 1. The number of rotatable bonds is 11. The third kappa shape index (κ3) is 5.84. The number of H-pyrrole nitrogens is 1. The maximum absolute atomic E-state index is 13.6. The zero-order chi connectivity index (χ0) is 27.2. The molecule has 0 radical (unpaired) electrons. The Hall–Kier alpha value is -4.22. The number of nitrogens with zero attached hydrogens (tertiary/aromatic N) is 2. The summed E-state index contributed by atoms with van der Waals surface area (Å²) >= 11 is 1.10. The number of anilines is 1. The first-order valence-electron chi connectivity index (χ1n) is 11.9. The van der Waals surface area contributed by atoms with Gasteiger partial charge in [0.15, 0.2) is 10.9 Å². The minimum Gasteiger partial charge on any atom is -0.493 e. The number of thiazole rings is 1. The number of Topliss-reactive ketones (excluding diaryl/α,β-unsaturated/α-hetero) is 1. The van der Waals surface area contributed by atoms with Crippen LogP contribution in [0.4, 0.5) is 5.13 Å². The van der Waals surface area contributed by atoms with Crippen molar-refractivity contribution in [3.8, 4) is 22.9 Å². The highest BCUT2D eigenvalue weighted by Gasteiger charge is 2.33. The fourth-order valence-electron chi connectivity index (χ4n) is 4.04. The van der Waals surface area contributed by atoms with Crippen LogP contribution in [0.5, 0.6) is 11.6 Å². The first-order valence-corrected chi connectivity index (χ1v) is 12.8. The quantitative estimate of drug-likeness (QED) is 0.193. The molecule has 0 bridgehead atoms. The molecule has 0 aliphatic carbocycles. The molecule has 0 saturated carbocycles. The van der Waals surface area contributed by atoms with Gasteiger partial charge < -0.3 is 24.9 Å². The molecule has 0 unspecified atom stereocenters. The summed E-state index contributed by atoms with van der Waals surface area (Å²) in [6.45, 7) is 4.01. The monoisotopic (exact) mass is 536 g/mol. The van der Waals surface area contributed by atoms with Crippen LogP contribution >= 0.6 is 11.3 Å². The molecule has 10 nitrogen and oxygen atoms in total. The van der Waals surface area contributed by atoms with Crippen molar-refractivity contribution in [2.75, 3.05) is 25.6 Å². The standard InChI is InChI=1S/C27H28N4O6S/c1-16(18-7-5-4-6-8-18)23(24(33)30-26-28-21(15-38-26)17(2)32)31-25(34)22(29-27(31)35)19-9-11-20(12-10-19)37-14-13-36-3/h4-12,15-16,23,34H,13-14H2,1-3H3,(H,29,35)(H,28,30,33)/t16-,23-/m0/s1. The Morgan fingerprint density at radius 2 is 1.84 bits per heavy atom. The smallest absolute Gasteiger partial charge is 0.329 e. The molecule has 4 rings (SSSR count). The summed E-state index contributed by atoms with van der Waals surface area (Å²) in [6.07, 6.45) is 0. The van der Waals surface area contributed by atoms with E-state index in [9.17, 15) is 19.5 Å². The molecule has 1 amide bonds. The van der Waals surface area contributed by atoms with Gasteiger partial charge in [-0.1, -0.05) is 37.3 Å². The molecular formula is C27H28N4O6S. The van der Waals surface area contributed by atoms with Gasteiger partial charge in [0.05, 0.1) is 6.61 Å². The molecule has 0 spiro atoms. The van der Waals surface area contributed by atoms with Crippen molar-refractivity contribution in [2.45, 2.75) is 25.8 Å². The Morgan fingerprint density at radius 3 is 2.47 bits per heavy atom. The van der Waals surface area contributed by atoms with E-state index in [1.807, 2.05) is 30.3 Å². The molecular weight excluding hydrogens is 508 g/mol. The van der Waals surface area contributed by atoms with E-state index in [0.717, 1.165) is 21.5 Å². The first kappa shape index (κ1) is 26.8. The van der Waals surface area contributed by atoms with Gasteiger partial charge in [-0.25, -0.2) is 14.3 Å². The van der Waals surface area contributed by atoms with E-state index in [1.54, 1.807) is 43.7 Å². The first-order chi connectivity index (χ1) is 18.3. The molecule has 2 aromatic heterocycles. The van der Waals surface area contributed by atoms with Crippen LogP contribution in [0.25, 0.3) is 11.3 Å². The third-order valence-corrected chi connectivity index (χ3v) is 6.80. The fourth-order valence-corrected chi connectivity index (χ4v) is 4.79. The van der Waals surface area contributed by atoms with Crippen LogP contribution in [0.1, 0.15) is 41.9 Å². The van der Waals surface area contributed by atoms with Crippen LogP contribution in [0.15, 0.2) is 64.8 Å². The van der Waals surface area contributed by atoms with Crippen molar-refractivity contribution in [1.82, 2.24) is 14.5 Å². The number of hydrogen-bond acceptors (Lipinski definition) is 8. The van der Waals surface area contributed by atoms with Crippen molar-refractivity contribution in [3.05, 3.63) is 81.7 Å². The highest BCUT2D eigenvalue weighted by molar-refractivity contribution is 7.14. The predicted molar refractivity (Wildman–Crippen MR) is 144 cm³/mol. The maximum atomic E-state index is 13.6. The normalized spacial score (nSPS) is 12.6. The summed E-state index contributed by atoms with van der Waals surface area (Å²) < 4.78 is 11.6. The summed E-state index contributed by atoms with van der Waals surface area (Å²) in [7, 11) is 1.59. The molecule has 198 valence electrons. The van der Waals surface area contributed by atoms with Crippen molar-refractivity contribution in [2.24, 2.45) is 0 Å². The van der Waals surface area contributed by atoms with Gasteiger partial charge in [-0.05, 0) is 29.8 Å². The van der Waals surface area contributed by atoms with Crippen molar-refractivity contribution in [1.29, 1.82) is 0 Å². The minimum atomic E-state index is -1.13. The number of aromatic hydroxyl groups is 1. The lowest BCUT2D eigenvalue weighted by atomic mass is 9.92. The van der Waals surface area contributed by atoms with Crippen LogP contribution < -0.4 is 15.7 Å². The molecule has 2 aromatic carbocycles. The second kappa shape index (κ2) is 11.9. The van der Waals surface area contributed by atoms with E-state index < -0.39 is 23.6 Å². The molecule has 4 aromatic rings. The highest BCUT2D eigenvalue weighted by atomic mass is 32.1. The van der Waals surface area contributed by atoms with Crippen molar-refractivity contribution in [3.63, 3.8) is 0 Å². The van der Waals surface area contributed by atoms with Crippen LogP contribution in [-0.4, -0.2) is 51.7 Å². The topological polar surface area (TPSA) is 136 Å². The minimum absolute atomic E-state index is 0.171. The third-order valence-electron chi connectivity index (χ3n) is 6.04. The van der Waals surface area contributed by atoms with Crippen LogP contribution in [0.2, 0.25) is 0 Å². The zero-order valence-corrected chi connectivity index (χ0v) is 22.0. The Kier molecular flexibility index (Phi) is 8.39. The number of carbonyl (C=O) groups is 2. The average Bonchev–Trinajstić information content (AvgIpc) is 3.50. The summed E-state index contributed by atoms with van der Waals surface area (Å²) in [4.78, 5) is 45.2. The largest absolute Gasteiger partial charge is 0.493 e. The number of methoxy groups -OCH3 is 1. The number of imidazole rings is 1. The van der Waals surface area contributed by atoms with Gasteiger partial charge in [0.1, 0.15) is 29.8 Å². The molecule has 0 aliphatic rings. The highest BCUT2D eigenvalue weighted by Crippen LogP contribution is 2.35. The lowest BCUT2D eigenvalue weighted by Crippen LogP contribution is -2.35. The van der Waals surface area contributed by atoms with E-state index in [1.165, 1.54) is 6.92 Å². The second-order valence-corrected chi connectivity index (χ2v) is 9.45. The van der Waals surface area contributed by atoms with Crippen LogP contribution in [0, 0.1) is 0 Å². The van der Waals surface area contributed by atoms with E-state index >= 15 is 0 Å². The molecule has 0 saturated heterocycles. The predicted octanol–water partition coefficient (Wildman–Crippen LogP) is 4.22. The van der Waals surface area contributed by atoms with Gasteiger partial charge in [0, 0.05) is 30.9 Å². The molecule has 11 heteroatoms. The zero-order valence-electron chi connectivity index (χ0n) is 21.1. The van der Waals surface area contributed by atoms with Crippen LogP contribution in [-0.2, 0) is 9.53 Å². The number of aromatic nitrogens is 3. The average molecular weight is 537 g/mol. The van der Waals surface area contributed by atoms with Crippen LogP contribution in [0.3, 0.4) is 0 Å².